The molecule has 0 unspecified atom stereocenters. The van der Waals surface area contributed by atoms with E-state index in [1.165, 1.54) is 27.8 Å². The zero-order chi connectivity index (χ0) is 23.7. The van der Waals surface area contributed by atoms with Gasteiger partial charge in [0.05, 0.1) is 29.8 Å². The summed E-state index contributed by atoms with van der Waals surface area (Å²) in [5.41, 5.74) is 1.64. The monoisotopic (exact) mass is 511 g/mol. The largest absolute Gasteiger partial charge is 0.383 e. The number of thiophene rings is 1. The second-order valence-corrected chi connectivity index (χ2v) is 9.52. The lowest BCUT2D eigenvalue weighted by Crippen LogP contribution is -2.26. The molecule has 5 aromatic rings. The minimum atomic E-state index is -0.248. The predicted molar refractivity (Wildman–Crippen MR) is 136 cm³/mol. The smallest absolute Gasteiger partial charge is 0.278 e. The molecule has 2 aromatic carbocycles. The van der Waals surface area contributed by atoms with Gasteiger partial charge in [-0.25, -0.2) is 4.98 Å². The van der Waals surface area contributed by atoms with Crippen molar-refractivity contribution in [1.82, 2.24) is 24.5 Å². The highest BCUT2D eigenvalue weighted by molar-refractivity contribution is 7.98. The molecule has 3 aromatic heterocycles. The van der Waals surface area contributed by atoms with E-state index in [0.717, 1.165) is 11.1 Å². The summed E-state index contributed by atoms with van der Waals surface area (Å²) in [6.07, 6.45) is 0. The molecule has 0 aliphatic rings. The fourth-order valence-electron chi connectivity index (χ4n) is 3.60. The van der Waals surface area contributed by atoms with Crippen molar-refractivity contribution >= 4 is 55.8 Å². The van der Waals surface area contributed by atoms with Crippen LogP contribution in [-0.2, 0) is 17.2 Å². The number of hydrogen-bond donors (Lipinski definition) is 0. The Labute approximate surface area is 206 Å². The van der Waals surface area contributed by atoms with Gasteiger partial charge >= 0.3 is 0 Å². The van der Waals surface area contributed by atoms with Gasteiger partial charge in [-0.15, -0.1) is 16.4 Å². The Bertz CT molecular complexity index is 1630. The van der Waals surface area contributed by atoms with Gasteiger partial charge in [-0.3, -0.25) is 14.2 Å². The average molecular weight is 512 g/mol. The van der Waals surface area contributed by atoms with Crippen LogP contribution in [0.1, 0.15) is 0 Å². The fourth-order valence-corrected chi connectivity index (χ4v) is 5.72. The summed E-state index contributed by atoms with van der Waals surface area (Å²) in [5, 5.41) is 12.1. The summed E-state index contributed by atoms with van der Waals surface area (Å²) in [4.78, 5) is 31.8. The molecule has 0 saturated heterocycles. The van der Waals surface area contributed by atoms with Crippen LogP contribution in [0.2, 0.25) is 5.02 Å². The summed E-state index contributed by atoms with van der Waals surface area (Å²) >= 11 is 9.03. The Morgan fingerprint density at radius 3 is 2.68 bits per heavy atom. The van der Waals surface area contributed by atoms with Gasteiger partial charge in [0.2, 0.25) is 0 Å². The number of halogens is 1. The summed E-state index contributed by atoms with van der Waals surface area (Å²) in [6.45, 7) is 0.651. The van der Waals surface area contributed by atoms with Crippen LogP contribution in [0.4, 0.5) is 0 Å². The molecule has 0 saturated carbocycles. The predicted octanol–water partition coefficient (Wildman–Crippen LogP) is 4.28. The lowest BCUT2D eigenvalue weighted by atomic mass is 10.1. The zero-order valence-electron chi connectivity index (χ0n) is 18.0. The second kappa shape index (κ2) is 9.67. The van der Waals surface area contributed by atoms with Crippen molar-refractivity contribution in [1.29, 1.82) is 0 Å². The highest BCUT2D eigenvalue weighted by Crippen LogP contribution is 2.35. The molecule has 0 N–H and O–H groups in total. The maximum Gasteiger partial charge on any atom is 0.278 e. The topological polar surface area (TPSA) is 91.9 Å². The number of hydrogen-bond acceptors (Lipinski definition) is 8. The molecule has 3 heterocycles. The summed E-state index contributed by atoms with van der Waals surface area (Å²) in [7, 11) is 1.58. The van der Waals surface area contributed by atoms with E-state index in [2.05, 4.69) is 10.3 Å². The first-order valence-electron chi connectivity index (χ1n) is 10.3. The molecule has 172 valence electrons. The molecule has 5 rings (SSSR count). The SMILES string of the molecule is COCCn1c(SCn2nnc3ccccc3c2=O)nc2scc(-c3ccccc3Cl)c2c1=O. The first-order chi connectivity index (χ1) is 16.6. The van der Waals surface area contributed by atoms with Crippen molar-refractivity contribution in [3.05, 3.63) is 79.6 Å². The minimum Gasteiger partial charge on any atom is -0.383 e. The average Bonchev–Trinajstić information content (AvgIpc) is 3.27. The lowest BCUT2D eigenvalue weighted by molar-refractivity contribution is 0.183. The standard InChI is InChI=1S/C23H18ClN5O3S2/c1-32-11-10-28-22(31)19-16(14-6-2-4-8-17(14)24)12-33-20(19)25-23(28)34-13-29-21(30)15-7-3-5-9-18(15)26-27-29/h2-9,12H,10-11,13H2,1H3. The summed E-state index contributed by atoms with van der Waals surface area (Å²) in [5.74, 6) is 0.157. The van der Waals surface area contributed by atoms with Crippen LogP contribution in [-0.4, -0.2) is 38.3 Å². The van der Waals surface area contributed by atoms with Crippen molar-refractivity contribution in [2.45, 2.75) is 17.6 Å². The second-order valence-electron chi connectivity index (χ2n) is 7.34. The number of rotatable bonds is 7. The fraction of sp³-hybridized carbons (Fsp3) is 0.174. The molecule has 0 fully saturated rings. The van der Waals surface area contributed by atoms with Gasteiger partial charge in [-0.1, -0.05) is 58.9 Å². The molecule has 11 heteroatoms. The van der Waals surface area contributed by atoms with Crippen molar-refractivity contribution in [3.8, 4) is 11.1 Å². The van der Waals surface area contributed by atoms with Crippen LogP contribution in [0.25, 0.3) is 32.2 Å². The van der Waals surface area contributed by atoms with E-state index in [0.29, 0.717) is 44.5 Å². The van der Waals surface area contributed by atoms with Gasteiger partial charge in [0, 0.05) is 28.6 Å². The van der Waals surface area contributed by atoms with E-state index in [9.17, 15) is 9.59 Å². The number of methoxy groups -OCH3 is 1. The van der Waals surface area contributed by atoms with Crippen molar-refractivity contribution in [2.24, 2.45) is 0 Å². The first kappa shape index (κ1) is 22.7. The Balaban J connectivity index is 1.57. The summed E-state index contributed by atoms with van der Waals surface area (Å²) in [6, 6.07) is 14.5. The number of fused-ring (bicyclic) bond motifs is 2. The molecule has 0 aliphatic heterocycles. The number of aromatic nitrogens is 5. The molecule has 8 nitrogen and oxygen atoms in total. The first-order valence-corrected chi connectivity index (χ1v) is 12.5. The third-order valence-corrected chi connectivity index (χ3v) is 7.43. The number of ether oxygens (including phenoxy) is 1. The molecular weight excluding hydrogens is 494 g/mol. The molecule has 0 atom stereocenters. The van der Waals surface area contributed by atoms with Crippen LogP contribution < -0.4 is 11.1 Å². The van der Waals surface area contributed by atoms with Crippen LogP contribution in [0.5, 0.6) is 0 Å². The van der Waals surface area contributed by atoms with Crippen LogP contribution in [0.15, 0.2) is 68.7 Å². The quantitative estimate of drug-likeness (QED) is 0.238. The van der Waals surface area contributed by atoms with E-state index in [1.54, 1.807) is 42.0 Å². The van der Waals surface area contributed by atoms with Gasteiger partial charge in [0.1, 0.15) is 10.3 Å². The minimum absolute atomic E-state index is 0.157. The van der Waals surface area contributed by atoms with Gasteiger partial charge < -0.3 is 4.74 Å². The van der Waals surface area contributed by atoms with Gasteiger partial charge in [-0.2, -0.15) is 4.68 Å². The Hall–Kier alpha value is -3.05. The van der Waals surface area contributed by atoms with E-state index in [4.69, 9.17) is 21.3 Å². The highest BCUT2D eigenvalue weighted by Gasteiger charge is 2.19. The molecule has 0 bridgehead atoms. The molecule has 0 amide bonds. The van der Waals surface area contributed by atoms with Crippen LogP contribution in [0, 0.1) is 0 Å². The molecule has 0 spiro atoms. The Morgan fingerprint density at radius 1 is 1.06 bits per heavy atom. The van der Waals surface area contributed by atoms with E-state index < -0.39 is 0 Å². The molecule has 34 heavy (non-hydrogen) atoms. The Morgan fingerprint density at radius 2 is 1.85 bits per heavy atom. The summed E-state index contributed by atoms with van der Waals surface area (Å²) < 4.78 is 8.06. The highest BCUT2D eigenvalue weighted by atomic mass is 35.5. The van der Waals surface area contributed by atoms with E-state index in [1.807, 2.05) is 23.6 Å². The maximum absolute atomic E-state index is 13.6. The number of thioether (sulfide) groups is 1. The zero-order valence-corrected chi connectivity index (χ0v) is 20.4. The van der Waals surface area contributed by atoms with E-state index >= 15 is 0 Å². The molecule has 0 aliphatic carbocycles. The third kappa shape index (κ3) is 4.14. The molecular formula is C23H18ClN5O3S2. The van der Waals surface area contributed by atoms with Gasteiger partial charge in [0.15, 0.2) is 5.16 Å². The van der Waals surface area contributed by atoms with Crippen molar-refractivity contribution < 1.29 is 4.74 Å². The van der Waals surface area contributed by atoms with Gasteiger partial charge in [0.25, 0.3) is 11.1 Å². The van der Waals surface area contributed by atoms with E-state index in [-0.39, 0.29) is 17.0 Å². The number of nitrogens with zero attached hydrogens (tertiary/aromatic N) is 5. The third-order valence-electron chi connectivity index (χ3n) is 5.29. The normalized spacial score (nSPS) is 11.5. The van der Waals surface area contributed by atoms with Gasteiger partial charge in [-0.05, 0) is 18.2 Å². The Kier molecular flexibility index (Phi) is 6.46. The lowest BCUT2D eigenvalue weighted by Gasteiger charge is -2.12. The maximum atomic E-state index is 13.6. The van der Waals surface area contributed by atoms with Crippen molar-refractivity contribution in [2.75, 3.05) is 13.7 Å². The molecule has 0 radical (unpaired) electrons. The number of benzene rings is 2. The van der Waals surface area contributed by atoms with Crippen LogP contribution in [0.3, 0.4) is 0 Å². The van der Waals surface area contributed by atoms with Crippen LogP contribution >= 0.6 is 34.7 Å². The van der Waals surface area contributed by atoms with Crippen molar-refractivity contribution in [3.63, 3.8) is 0 Å².